The molecule has 0 spiro atoms. The van der Waals surface area contributed by atoms with Crippen LogP contribution in [0.25, 0.3) is 11.0 Å². The maximum absolute atomic E-state index is 5.66. The molecular formula is C19H21N3O. The van der Waals surface area contributed by atoms with Gasteiger partial charge in [0.1, 0.15) is 5.75 Å². The predicted molar refractivity (Wildman–Crippen MR) is 94.8 cm³/mol. The van der Waals surface area contributed by atoms with Crippen LogP contribution in [0.1, 0.15) is 25.3 Å². The third-order valence-corrected chi connectivity index (χ3v) is 3.74. The molecule has 2 aromatic carbocycles. The second-order valence-corrected chi connectivity index (χ2v) is 5.49. The molecule has 0 unspecified atom stereocenters. The molecule has 0 amide bonds. The fourth-order valence-corrected chi connectivity index (χ4v) is 2.37. The van der Waals surface area contributed by atoms with Crippen molar-refractivity contribution in [2.75, 3.05) is 6.61 Å². The molecule has 0 atom stereocenters. The standard InChI is InChI=1S/C19H21N3O/c1-3-4-13-23-16-11-9-15(10-12-16)14-20-19-21-17-7-5-6-8-18(17)22(19)2/h5-12,14H,3-4,13H2,1-2H3/b20-14+. The summed E-state index contributed by atoms with van der Waals surface area (Å²) < 4.78 is 7.66. The highest BCUT2D eigenvalue weighted by molar-refractivity contribution is 5.83. The Bertz CT molecular complexity index is 803. The third-order valence-electron chi connectivity index (χ3n) is 3.74. The second-order valence-electron chi connectivity index (χ2n) is 5.49. The van der Waals surface area contributed by atoms with E-state index in [1.54, 1.807) is 0 Å². The van der Waals surface area contributed by atoms with Crippen molar-refractivity contribution in [3.05, 3.63) is 54.1 Å². The summed E-state index contributed by atoms with van der Waals surface area (Å²) in [7, 11) is 1.98. The molecule has 0 saturated heterocycles. The average molecular weight is 307 g/mol. The van der Waals surface area contributed by atoms with Gasteiger partial charge in [-0.2, -0.15) is 0 Å². The molecule has 0 radical (unpaired) electrons. The number of hydrogen-bond donors (Lipinski definition) is 0. The van der Waals surface area contributed by atoms with Gasteiger partial charge in [0.25, 0.3) is 0 Å². The van der Waals surface area contributed by atoms with Crippen LogP contribution in [0, 0.1) is 0 Å². The summed E-state index contributed by atoms with van der Waals surface area (Å²) in [4.78, 5) is 9.04. The number of aromatic nitrogens is 2. The van der Waals surface area contributed by atoms with Crippen LogP contribution in [0.15, 0.2) is 53.5 Å². The van der Waals surface area contributed by atoms with E-state index in [9.17, 15) is 0 Å². The van der Waals surface area contributed by atoms with E-state index in [-0.39, 0.29) is 0 Å². The molecule has 4 heteroatoms. The highest BCUT2D eigenvalue weighted by Crippen LogP contribution is 2.20. The van der Waals surface area contributed by atoms with Gasteiger partial charge in [-0.1, -0.05) is 25.5 Å². The SMILES string of the molecule is CCCCOc1ccc(/C=N/c2nc3ccccc3n2C)cc1. The lowest BCUT2D eigenvalue weighted by atomic mass is 10.2. The molecule has 0 aliphatic carbocycles. The number of imidazole rings is 1. The average Bonchev–Trinajstić information content (AvgIpc) is 2.91. The van der Waals surface area contributed by atoms with E-state index in [0.717, 1.165) is 41.8 Å². The summed E-state index contributed by atoms with van der Waals surface area (Å²) >= 11 is 0. The van der Waals surface area contributed by atoms with Crippen LogP contribution in [0.5, 0.6) is 5.75 Å². The number of hydrogen-bond acceptors (Lipinski definition) is 3. The van der Waals surface area contributed by atoms with Crippen LogP contribution < -0.4 is 4.74 Å². The lowest BCUT2D eigenvalue weighted by Crippen LogP contribution is -1.96. The van der Waals surface area contributed by atoms with Crippen molar-refractivity contribution >= 4 is 23.2 Å². The third kappa shape index (κ3) is 3.59. The van der Waals surface area contributed by atoms with E-state index in [0.29, 0.717) is 5.95 Å². The molecule has 3 rings (SSSR count). The van der Waals surface area contributed by atoms with Crippen LogP contribution in [-0.4, -0.2) is 22.4 Å². The molecule has 0 aliphatic rings. The Balaban J connectivity index is 1.72. The van der Waals surface area contributed by atoms with E-state index < -0.39 is 0 Å². The summed E-state index contributed by atoms with van der Waals surface area (Å²) in [5, 5.41) is 0. The number of para-hydroxylation sites is 2. The van der Waals surface area contributed by atoms with Gasteiger partial charge in [0.15, 0.2) is 0 Å². The summed E-state index contributed by atoms with van der Waals surface area (Å²) in [6.07, 6.45) is 4.05. The maximum atomic E-state index is 5.66. The number of benzene rings is 2. The molecule has 0 saturated carbocycles. The number of rotatable bonds is 6. The largest absolute Gasteiger partial charge is 0.494 e. The highest BCUT2D eigenvalue weighted by atomic mass is 16.5. The zero-order valence-corrected chi connectivity index (χ0v) is 13.6. The van der Waals surface area contributed by atoms with Crippen molar-refractivity contribution in [1.29, 1.82) is 0 Å². The maximum Gasteiger partial charge on any atom is 0.230 e. The smallest absolute Gasteiger partial charge is 0.230 e. The van der Waals surface area contributed by atoms with Crippen LogP contribution in [0.2, 0.25) is 0 Å². The van der Waals surface area contributed by atoms with Crippen molar-refractivity contribution in [3.63, 3.8) is 0 Å². The summed E-state index contributed by atoms with van der Waals surface area (Å²) in [5.41, 5.74) is 3.07. The number of aliphatic imine (C=N–C) groups is 1. The normalized spacial score (nSPS) is 11.4. The number of ether oxygens (including phenoxy) is 1. The zero-order chi connectivity index (χ0) is 16.1. The van der Waals surface area contributed by atoms with Gasteiger partial charge in [0.2, 0.25) is 5.95 Å². The van der Waals surface area contributed by atoms with Gasteiger partial charge >= 0.3 is 0 Å². The first-order valence-electron chi connectivity index (χ1n) is 7.96. The minimum Gasteiger partial charge on any atom is -0.494 e. The van der Waals surface area contributed by atoms with Crippen LogP contribution in [-0.2, 0) is 7.05 Å². The molecule has 0 fully saturated rings. The molecule has 4 nitrogen and oxygen atoms in total. The van der Waals surface area contributed by atoms with E-state index in [4.69, 9.17) is 4.74 Å². The summed E-state index contributed by atoms with van der Waals surface area (Å²) in [5.74, 6) is 1.60. The molecule has 23 heavy (non-hydrogen) atoms. The van der Waals surface area contributed by atoms with Gasteiger partial charge in [-0.25, -0.2) is 9.98 Å². The van der Waals surface area contributed by atoms with Crippen LogP contribution in [0.3, 0.4) is 0 Å². The quantitative estimate of drug-likeness (QED) is 0.497. The molecule has 1 heterocycles. The Hall–Kier alpha value is -2.62. The number of fused-ring (bicyclic) bond motifs is 1. The first kappa shape index (κ1) is 15.3. The van der Waals surface area contributed by atoms with Crippen molar-refractivity contribution in [1.82, 2.24) is 9.55 Å². The van der Waals surface area contributed by atoms with Crippen LogP contribution >= 0.6 is 0 Å². The Kier molecular flexibility index (Phi) is 4.71. The van der Waals surface area contributed by atoms with Crippen molar-refractivity contribution in [3.8, 4) is 5.75 Å². The van der Waals surface area contributed by atoms with Crippen LogP contribution in [0.4, 0.5) is 5.95 Å². The summed E-state index contributed by atoms with van der Waals surface area (Å²) in [6, 6.07) is 16.0. The van der Waals surface area contributed by atoms with Gasteiger partial charge in [0.05, 0.1) is 17.6 Å². The molecular weight excluding hydrogens is 286 g/mol. The van der Waals surface area contributed by atoms with E-state index >= 15 is 0 Å². The molecule has 0 bridgehead atoms. The molecule has 118 valence electrons. The van der Waals surface area contributed by atoms with E-state index in [1.165, 1.54) is 0 Å². The lowest BCUT2D eigenvalue weighted by molar-refractivity contribution is 0.309. The molecule has 1 aromatic heterocycles. The summed E-state index contributed by atoms with van der Waals surface area (Å²) in [6.45, 7) is 2.92. The Labute approximate surface area is 136 Å². The van der Waals surface area contributed by atoms with Gasteiger partial charge < -0.3 is 9.30 Å². The van der Waals surface area contributed by atoms with Gasteiger partial charge in [0, 0.05) is 13.3 Å². The number of unbranched alkanes of at least 4 members (excludes halogenated alkanes) is 1. The molecule has 0 N–H and O–H groups in total. The van der Waals surface area contributed by atoms with Crippen molar-refractivity contribution < 1.29 is 4.74 Å². The fourth-order valence-electron chi connectivity index (χ4n) is 2.37. The minimum atomic E-state index is 0.703. The lowest BCUT2D eigenvalue weighted by Gasteiger charge is -2.04. The number of aryl methyl sites for hydroxylation is 1. The first-order chi connectivity index (χ1) is 11.3. The van der Waals surface area contributed by atoms with E-state index in [2.05, 4.69) is 16.9 Å². The predicted octanol–water partition coefficient (Wildman–Crippen LogP) is 4.50. The van der Waals surface area contributed by atoms with Gasteiger partial charge in [-0.3, -0.25) is 0 Å². The Morgan fingerprint density at radius 3 is 2.65 bits per heavy atom. The fraction of sp³-hybridized carbons (Fsp3) is 0.263. The molecule has 3 aromatic rings. The molecule has 0 aliphatic heterocycles. The Morgan fingerprint density at radius 2 is 1.91 bits per heavy atom. The van der Waals surface area contributed by atoms with Crippen molar-refractivity contribution in [2.24, 2.45) is 12.0 Å². The Morgan fingerprint density at radius 1 is 1.13 bits per heavy atom. The van der Waals surface area contributed by atoms with Gasteiger partial charge in [-0.05, 0) is 48.4 Å². The topological polar surface area (TPSA) is 39.4 Å². The number of nitrogens with zero attached hydrogens (tertiary/aromatic N) is 3. The monoisotopic (exact) mass is 307 g/mol. The second kappa shape index (κ2) is 7.09. The van der Waals surface area contributed by atoms with Crippen molar-refractivity contribution in [2.45, 2.75) is 19.8 Å². The minimum absolute atomic E-state index is 0.703. The first-order valence-corrected chi connectivity index (χ1v) is 7.96. The van der Waals surface area contributed by atoms with E-state index in [1.807, 2.05) is 66.4 Å². The zero-order valence-electron chi connectivity index (χ0n) is 13.6. The van der Waals surface area contributed by atoms with Gasteiger partial charge in [-0.15, -0.1) is 0 Å². The highest BCUT2D eigenvalue weighted by Gasteiger charge is 2.04.